The summed E-state index contributed by atoms with van der Waals surface area (Å²) < 4.78 is 32.7. The van der Waals surface area contributed by atoms with Gasteiger partial charge in [-0.15, -0.1) is 0 Å². The van der Waals surface area contributed by atoms with Gasteiger partial charge in [-0.25, -0.2) is 8.42 Å². The Kier molecular flexibility index (Phi) is 5.58. The summed E-state index contributed by atoms with van der Waals surface area (Å²) in [4.78, 5) is 6.27. The Morgan fingerprint density at radius 3 is 2.32 bits per heavy atom. The van der Waals surface area contributed by atoms with E-state index in [0.29, 0.717) is 6.54 Å². The first-order valence-electron chi connectivity index (χ1n) is 9.16. The van der Waals surface area contributed by atoms with Gasteiger partial charge in [-0.3, -0.25) is 0 Å². The van der Waals surface area contributed by atoms with Crippen LogP contribution in [0.1, 0.15) is 25.0 Å². The number of anilines is 1. The van der Waals surface area contributed by atoms with E-state index in [4.69, 9.17) is 10.2 Å². The average molecular weight is 400 g/mol. The second-order valence-electron chi connectivity index (χ2n) is 6.79. The number of nitrogens with two attached hydrogens (primary N) is 1. The molecule has 6 nitrogen and oxygen atoms in total. The molecule has 0 aliphatic heterocycles. The molecule has 28 heavy (non-hydrogen) atoms. The monoisotopic (exact) mass is 399 g/mol. The van der Waals surface area contributed by atoms with Crippen LogP contribution in [-0.2, 0) is 9.84 Å². The third-order valence-corrected chi connectivity index (χ3v) is 6.30. The Morgan fingerprint density at radius 1 is 1.11 bits per heavy atom. The van der Waals surface area contributed by atoms with Crippen molar-refractivity contribution in [1.29, 1.82) is 0 Å². The van der Waals surface area contributed by atoms with Crippen molar-refractivity contribution in [2.75, 3.05) is 11.4 Å². The van der Waals surface area contributed by atoms with Gasteiger partial charge in [-0.05, 0) is 51.5 Å². The molecule has 1 unspecified atom stereocenters. The van der Waals surface area contributed by atoms with Crippen molar-refractivity contribution in [2.24, 2.45) is 5.73 Å². The maximum atomic E-state index is 13.3. The standard InChI is InChI=1S/C21H25N3O3S/c1-5-24(16(4)22)21-20(28(25,26)17-12-10-14(2)11-13-17)23-19(27-21)18-9-7-6-8-15(18)3/h6-13,16H,5,22H2,1-4H3. The Hall–Kier alpha value is -2.64. The van der Waals surface area contributed by atoms with Gasteiger partial charge in [0, 0.05) is 12.1 Å². The van der Waals surface area contributed by atoms with Crippen LogP contribution in [0.4, 0.5) is 5.88 Å². The molecule has 0 amide bonds. The van der Waals surface area contributed by atoms with Crippen molar-refractivity contribution in [3.63, 3.8) is 0 Å². The molecule has 0 bridgehead atoms. The number of hydrogen-bond donors (Lipinski definition) is 1. The molecule has 1 aromatic heterocycles. The molecule has 0 aliphatic carbocycles. The molecule has 7 heteroatoms. The van der Waals surface area contributed by atoms with Gasteiger partial charge < -0.3 is 15.1 Å². The van der Waals surface area contributed by atoms with Crippen molar-refractivity contribution in [1.82, 2.24) is 4.98 Å². The highest BCUT2D eigenvalue weighted by Gasteiger charge is 2.32. The fourth-order valence-corrected chi connectivity index (χ4v) is 4.34. The minimum absolute atomic E-state index is 0.117. The molecular formula is C21H25N3O3S. The minimum Gasteiger partial charge on any atom is -0.419 e. The van der Waals surface area contributed by atoms with E-state index in [-0.39, 0.29) is 21.7 Å². The Balaban J connectivity index is 2.24. The summed E-state index contributed by atoms with van der Waals surface area (Å²) in [7, 11) is -3.88. The number of rotatable bonds is 6. The van der Waals surface area contributed by atoms with Crippen molar-refractivity contribution >= 4 is 15.7 Å². The minimum atomic E-state index is -3.88. The zero-order valence-corrected chi connectivity index (χ0v) is 17.3. The van der Waals surface area contributed by atoms with Gasteiger partial charge in [0.05, 0.1) is 11.1 Å². The molecule has 2 aromatic carbocycles. The number of aryl methyl sites for hydroxylation is 2. The van der Waals surface area contributed by atoms with Crippen molar-refractivity contribution in [3.8, 4) is 11.5 Å². The summed E-state index contributed by atoms with van der Waals surface area (Å²) in [5.41, 5.74) is 8.74. The first-order chi connectivity index (χ1) is 13.3. The van der Waals surface area contributed by atoms with E-state index in [1.807, 2.05) is 45.0 Å². The summed E-state index contributed by atoms with van der Waals surface area (Å²) >= 11 is 0. The lowest BCUT2D eigenvalue weighted by Gasteiger charge is -2.24. The van der Waals surface area contributed by atoms with E-state index in [2.05, 4.69) is 4.98 Å². The topological polar surface area (TPSA) is 89.4 Å². The highest BCUT2D eigenvalue weighted by Crippen LogP contribution is 2.36. The molecule has 0 saturated carbocycles. The van der Waals surface area contributed by atoms with Crippen LogP contribution in [0.2, 0.25) is 0 Å². The largest absolute Gasteiger partial charge is 0.419 e. The van der Waals surface area contributed by atoms with Gasteiger partial charge in [0.25, 0.3) is 0 Å². The molecule has 148 valence electrons. The van der Waals surface area contributed by atoms with Crippen LogP contribution in [0.3, 0.4) is 0 Å². The lowest BCUT2D eigenvalue weighted by atomic mass is 10.1. The van der Waals surface area contributed by atoms with Crippen LogP contribution in [0, 0.1) is 13.8 Å². The van der Waals surface area contributed by atoms with Crippen LogP contribution in [-0.4, -0.2) is 26.1 Å². The van der Waals surface area contributed by atoms with Gasteiger partial charge in [-0.1, -0.05) is 35.9 Å². The number of nitrogens with zero attached hydrogens (tertiary/aromatic N) is 2. The number of hydrogen-bond acceptors (Lipinski definition) is 6. The molecule has 2 N–H and O–H groups in total. The molecular weight excluding hydrogens is 374 g/mol. The van der Waals surface area contributed by atoms with Crippen molar-refractivity contribution in [2.45, 2.75) is 43.8 Å². The molecule has 1 atom stereocenters. The third-order valence-electron chi connectivity index (χ3n) is 4.63. The summed E-state index contributed by atoms with van der Waals surface area (Å²) in [6.45, 7) is 7.99. The lowest BCUT2D eigenvalue weighted by Crippen LogP contribution is -2.40. The van der Waals surface area contributed by atoms with Gasteiger partial charge in [0.15, 0.2) is 0 Å². The van der Waals surface area contributed by atoms with E-state index in [9.17, 15) is 8.42 Å². The normalized spacial score (nSPS) is 12.8. The molecule has 0 spiro atoms. The number of oxazole rings is 1. The second-order valence-corrected chi connectivity index (χ2v) is 8.65. The zero-order valence-electron chi connectivity index (χ0n) is 16.5. The van der Waals surface area contributed by atoms with Gasteiger partial charge >= 0.3 is 0 Å². The quantitative estimate of drug-likeness (QED) is 0.632. The average Bonchev–Trinajstić information content (AvgIpc) is 3.08. The maximum Gasteiger partial charge on any atom is 0.237 e. The van der Waals surface area contributed by atoms with Crippen LogP contribution in [0.15, 0.2) is 62.9 Å². The Morgan fingerprint density at radius 2 is 1.75 bits per heavy atom. The lowest BCUT2D eigenvalue weighted by molar-refractivity contribution is 0.520. The predicted octanol–water partition coefficient (Wildman–Crippen LogP) is 3.92. The van der Waals surface area contributed by atoms with Crippen LogP contribution in [0.5, 0.6) is 0 Å². The highest BCUT2D eigenvalue weighted by atomic mass is 32.2. The van der Waals surface area contributed by atoms with Crippen LogP contribution >= 0.6 is 0 Å². The van der Waals surface area contributed by atoms with E-state index in [1.165, 1.54) is 0 Å². The summed E-state index contributed by atoms with van der Waals surface area (Å²) in [6, 6.07) is 14.2. The van der Waals surface area contributed by atoms with E-state index >= 15 is 0 Å². The fourth-order valence-electron chi connectivity index (χ4n) is 3.03. The van der Waals surface area contributed by atoms with E-state index in [1.54, 1.807) is 36.1 Å². The van der Waals surface area contributed by atoms with Gasteiger partial charge in [0.1, 0.15) is 0 Å². The molecule has 1 heterocycles. The number of aromatic nitrogens is 1. The SMILES string of the molecule is CCN(c1oc(-c2ccccc2C)nc1S(=O)(=O)c1ccc(C)cc1)C(C)N. The van der Waals surface area contributed by atoms with Gasteiger partial charge in [-0.2, -0.15) is 4.98 Å². The number of sulfone groups is 1. The summed E-state index contributed by atoms with van der Waals surface area (Å²) in [5.74, 6) is 0.425. The van der Waals surface area contributed by atoms with Crippen LogP contribution < -0.4 is 10.6 Å². The summed E-state index contributed by atoms with van der Waals surface area (Å²) in [6.07, 6.45) is -0.436. The summed E-state index contributed by atoms with van der Waals surface area (Å²) in [5, 5.41) is -0.117. The third kappa shape index (κ3) is 3.68. The van der Waals surface area contributed by atoms with E-state index in [0.717, 1.165) is 16.7 Å². The molecule has 0 radical (unpaired) electrons. The second kappa shape index (κ2) is 7.77. The first-order valence-corrected chi connectivity index (χ1v) is 10.6. The molecule has 3 rings (SSSR count). The first kappa shape index (κ1) is 20.1. The maximum absolute atomic E-state index is 13.3. The van der Waals surface area contributed by atoms with E-state index < -0.39 is 16.0 Å². The Bertz CT molecular complexity index is 1070. The molecule has 0 aliphatic rings. The molecule has 0 saturated heterocycles. The van der Waals surface area contributed by atoms with Crippen molar-refractivity contribution < 1.29 is 12.8 Å². The van der Waals surface area contributed by atoms with Crippen molar-refractivity contribution in [3.05, 3.63) is 59.7 Å². The zero-order chi connectivity index (χ0) is 20.5. The molecule has 3 aromatic rings. The fraction of sp³-hybridized carbons (Fsp3) is 0.286. The highest BCUT2D eigenvalue weighted by molar-refractivity contribution is 7.91. The predicted molar refractivity (Wildman–Crippen MR) is 110 cm³/mol. The smallest absolute Gasteiger partial charge is 0.237 e. The Labute approximate surface area is 165 Å². The number of benzene rings is 2. The van der Waals surface area contributed by atoms with Crippen LogP contribution in [0.25, 0.3) is 11.5 Å². The van der Waals surface area contributed by atoms with Gasteiger partial charge in [0.2, 0.25) is 26.6 Å². The molecule has 0 fully saturated rings.